The highest BCUT2D eigenvalue weighted by atomic mass is 32.2. The summed E-state index contributed by atoms with van der Waals surface area (Å²) in [5.74, 6) is 0.158. The number of hydrogen-bond acceptors (Lipinski definition) is 6. The molecule has 0 spiro atoms. The molecule has 8 nitrogen and oxygen atoms in total. The molecule has 0 radical (unpaired) electrons. The molecule has 35 heavy (non-hydrogen) atoms. The smallest absolute Gasteiger partial charge is 0.354 e. The largest absolute Gasteiger partial charge is 0.419 e. The van der Waals surface area contributed by atoms with Gasteiger partial charge in [-0.3, -0.25) is 4.79 Å². The van der Waals surface area contributed by atoms with Crippen molar-refractivity contribution < 1.29 is 26.4 Å². The fourth-order valence-corrected chi connectivity index (χ4v) is 4.59. The van der Waals surface area contributed by atoms with Crippen molar-refractivity contribution in [3.63, 3.8) is 0 Å². The average molecular weight is 506 g/mol. The van der Waals surface area contributed by atoms with Crippen LogP contribution in [0.4, 0.5) is 41.7 Å². The average Bonchev–Trinajstić information content (AvgIpc) is 3.25. The molecule has 1 fully saturated rings. The van der Waals surface area contributed by atoms with E-state index in [0.717, 1.165) is 18.2 Å². The van der Waals surface area contributed by atoms with Gasteiger partial charge < -0.3 is 15.5 Å². The molecule has 1 amide bonds. The minimum absolute atomic E-state index is 0.0240. The maximum absolute atomic E-state index is 13.7. The van der Waals surface area contributed by atoms with E-state index in [0.29, 0.717) is 24.8 Å². The Balaban J connectivity index is 1.64. The van der Waals surface area contributed by atoms with Crippen molar-refractivity contribution in [2.24, 2.45) is 0 Å². The minimum Gasteiger partial charge on any atom is -0.354 e. The Morgan fingerprint density at radius 2 is 1.71 bits per heavy atom. The van der Waals surface area contributed by atoms with Gasteiger partial charge in [0, 0.05) is 36.6 Å². The number of nitrogens with zero attached hydrogens (tertiary/aromatic N) is 2. The van der Waals surface area contributed by atoms with Gasteiger partial charge in [0.25, 0.3) is 0 Å². The van der Waals surface area contributed by atoms with Crippen LogP contribution in [0.5, 0.6) is 0 Å². The molecular weight excluding hydrogens is 483 g/mol. The standard InChI is InChI=1S/C23H22F3N5O3S/c1-27-35(33,34)20-6-3-2-5-18(20)30-19-13-21(28-14-17(19)23(24,25)26)29-15-8-10-16(11-9-15)31-12-4-7-22(31)32/h2-3,5-6,8-11,13-14,27H,4,7,12H2,1H3,(H2,28,29,30). The number of halogens is 3. The van der Waals surface area contributed by atoms with E-state index in [2.05, 4.69) is 20.3 Å². The van der Waals surface area contributed by atoms with Crippen LogP contribution in [-0.4, -0.2) is 32.9 Å². The number of aromatic nitrogens is 1. The zero-order valence-electron chi connectivity index (χ0n) is 18.6. The molecule has 12 heteroatoms. The molecule has 2 aromatic carbocycles. The Kier molecular flexibility index (Phi) is 6.68. The fourth-order valence-electron chi connectivity index (χ4n) is 3.71. The summed E-state index contributed by atoms with van der Waals surface area (Å²) in [4.78, 5) is 17.3. The van der Waals surface area contributed by atoms with Crippen molar-refractivity contribution in [2.45, 2.75) is 23.9 Å². The summed E-state index contributed by atoms with van der Waals surface area (Å²) >= 11 is 0. The summed E-state index contributed by atoms with van der Waals surface area (Å²) in [6.45, 7) is 0.645. The number of rotatable bonds is 7. The van der Waals surface area contributed by atoms with Crippen LogP contribution in [0.3, 0.4) is 0 Å². The molecule has 3 N–H and O–H groups in total. The van der Waals surface area contributed by atoms with Crippen molar-refractivity contribution in [3.05, 3.63) is 66.4 Å². The first-order valence-electron chi connectivity index (χ1n) is 10.6. The minimum atomic E-state index is -4.73. The van der Waals surface area contributed by atoms with E-state index in [4.69, 9.17) is 0 Å². The van der Waals surface area contributed by atoms with Gasteiger partial charge in [-0.05, 0) is 49.9 Å². The Labute approximate surface area is 200 Å². The maximum Gasteiger partial charge on any atom is 0.419 e. The van der Waals surface area contributed by atoms with Crippen LogP contribution < -0.4 is 20.3 Å². The van der Waals surface area contributed by atoms with Gasteiger partial charge in [0.1, 0.15) is 10.7 Å². The second-order valence-corrected chi connectivity index (χ2v) is 9.62. The Hall–Kier alpha value is -3.64. The number of pyridine rings is 1. The fraction of sp³-hybridized carbons (Fsp3) is 0.217. The summed E-state index contributed by atoms with van der Waals surface area (Å²) in [6.07, 6.45) is -2.75. The molecule has 4 rings (SSSR count). The number of carbonyl (C=O) groups is 1. The first-order valence-corrected chi connectivity index (χ1v) is 12.1. The molecule has 1 aliphatic rings. The van der Waals surface area contributed by atoms with Crippen molar-refractivity contribution >= 4 is 44.5 Å². The number of alkyl halides is 3. The zero-order valence-corrected chi connectivity index (χ0v) is 19.4. The Morgan fingerprint density at radius 1 is 1.00 bits per heavy atom. The van der Waals surface area contributed by atoms with E-state index in [-0.39, 0.29) is 28.0 Å². The second kappa shape index (κ2) is 9.55. The highest BCUT2D eigenvalue weighted by Crippen LogP contribution is 2.38. The number of benzene rings is 2. The van der Waals surface area contributed by atoms with Crippen LogP contribution in [0.25, 0.3) is 0 Å². The van der Waals surface area contributed by atoms with E-state index in [1.807, 2.05) is 0 Å². The number of para-hydroxylation sites is 1. The number of hydrogen-bond donors (Lipinski definition) is 3. The molecule has 0 aliphatic carbocycles. The Morgan fingerprint density at radius 3 is 2.34 bits per heavy atom. The molecule has 1 aromatic heterocycles. The third kappa shape index (κ3) is 5.38. The van der Waals surface area contributed by atoms with E-state index < -0.39 is 21.8 Å². The van der Waals surface area contributed by atoms with Crippen LogP contribution in [0.2, 0.25) is 0 Å². The molecule has 0 bridgehead atoms. The van der Waals surface area contributed by atoms with Gasteiger partial charge in [0.05, 0.1) is 16.9 Å². The number of carbonyl (C=O) groups excluding carboxylic acids is 1. The molecule has 0 unspecified atom stereocenters. The van der Waals surface area contributed by atoms with Crippen molar-refractivity contribution in [1.82, 2.24) is 9.71 Å². The van der Waals surface area contributed by atoms with Crippen molar-refractivity contribution in [2.75, 3.05) is 29.1 Å². The topological polar surface area (TPSA) is 103 Å². The van der Waals surface area contributed by atoms with E-state index in [1.165, 1.54) is 31.3 Å². The van der Waals surface area contributed by atoms with Crippen LogP contribution in [0.15, 0.2) is 65.7 Å². The Bertz CT molecular complexity index is 1350. The first kappa shape index (κ1) is 24.5. The first-order chi connectivity index (χ1) is 16.6. The lowest BCUT2D eigenvalue weighted by Crippen LogP contribution is -2.23. The van der Waals surface area contributed by atoms with E-state index in [9.17, 15) is 26.4 Å². The lowest BCUT2D eigenvalue weighted by atomic mass is 10.2. The molecule has 0 atom stereocenters. The zero-order chi connectivity index (χ0) is 25.2. The van der Waals surface area contributed by atoms with Gasteiger partial charge in [0.2, 0.25) is 15.9 Å². The van der Waals surface area contributed by atoms with Crippen molar-refractivity contribution in [1.29, 1.82) is 0 Å². The van der Waals surface area contributed by atoms with E-state index in [1.54, 1.807) is 29.2 Å². The highest BCUT2D eigenvalue weighted by molar-refractivity contribution is 7.89. The van der Waals surface area contributed by atoms with Gasteiger partial charge >= 0.3 is 6.18 Å². The molecule has 1 aliphatic heterocycles. The second-order valence-electron chi connectivity index (χ2n) is 7.76. The lowest BCUT2D eigenvalue weighted by Gasteiger charge is -2.18. The third-order valence-corrected chi connectivity index (χ3v) is 6.92. The van der Waals surface area contributed by atoms with Gasteiger partial charge in [-0.25, -0.2) is 18.1 Å². The molecular formula is C23H22F3N5O3S. The normalized spacial score (nSPS) is 14.3. The number of anilines is 5. The summed E-state index contributed by atoms with van der Waals surface area (Å²) in [5.41, 5.74) is -0.153. The summed E-state index contributed by atoms with van der Waals surface area (Å²) in [6, 6.07) is 13.7. The molecule has 0 saturated carbocycles. The van der Waals surface area contributed by atoms with Gasteiger partial charge in [-0.2, -0.15) is 13.2 Å². The lowest BCUT2D eigenvalue weighted by molar-refractivity contribution is -0.137. The monoisotopic (exact) mass is 505 g/mol. The van der Waals surface area contributed by atoms with Gasteiger partial charge in [0.15, 0.2) is 0 Å². The quantitative estimate of drug-likeness (QED) is 0.433. The van der Waals surface area contributed by atoms with Crippen LogP contribution in [0.1, 0.15) is 18.4 Å². The summed E-state index contributed by atoms with van der Waals surface area (Å²) in [5, 5.41) is 5.54. The maximum atomic E-state index is 13.7. The summed E-state index contributed by atoms with van der Waals surface area (Å²) in [7, 11) is -2.71. The van der Waals surface area contributed by atoms with Crippen LogP contribution in [-0.2, 0) is 21.0 Å². The third-order valence-electron chi connectivity index (χ3n) is 5.45. The van der Waals surface area contributed by atoms with Gasteiger partial charge in [-0.15, -0.1) is 0 Å². The highest BCUT2D eigenvalue weighted by Gasteiger charge is 2.35. The summed E-state index contributed by atoms with van der Waals surface area (Å²) < 4.78 is 67.8. The van der Waals surface area contributed by atoms with E-state index >= 15 is 0 Å². The molecule has 184 valence electrons. The van der Waals surface area contributed by atoms with Crippen LogP contribution >= 0.6 is 0 Å². The predicted molar refractivity (Wildman–Crippen MR) is 127 cm³/mol. The number of sulfonamides is 1. The number of nitrogens with one attached hydrogen (secondary N) is 3. The SMILES string of the molecule is CNS(=O)(=O)c1ccccc1Nc1cc(Nc2ccc(N3CCCC3=O)cc2)ncc1C(F)(F)F. The molecule has 3 aromatic rings. The molecule has 2 heterocycles. The molecule has 1 saturated heterocycles. The number of amides is 1. The predicted octanol–water partition coefficient (Wildman–Crippen LogP) is 4.62. The van der Waals surface area contributed by atoms with Crippen molar-refractivity contribution in [3.8, 4) is 0 Å². The van der Waals surface area contributed by atoms with Gasteiger partial charge in [-0.1, -0.05) is 12.1 Å². The van der Waals surface area contributed by atoms with Crippen LogP contribution in [0, 0.1) is 0 Å².